The zero-order valence-electron chi connectivity index (χ0n) is 12.6. The topological polar surface area (TPSA) is 95.9 Å². The summed E-state index contributed by atoms with van der Waals surface area (Å²) in [5, 5.41) is 11.1. The molecule has 7 nitrogen and oxygen atoms in total. The Kier molecular flexibility index (Phi) is 6.28. The fraction of sp³-hybridized carbons (Fsp3) is 0.400. The number of benzene rings is 1. The van der Waals surface area contributed by atoms with E-state index in [1.165, 1.54) is 22.5 Å². The minimum Gasteiger partial charge on any atom is -0.395 e. The Bertz CT molecular complexity index is 649. The Morgan fingerprint density at radius 3 is 2.52 bits per heavy atom. The molecule has 0 aromatic heterocycles. The van der Waals surface area contributed by atoms with Crippen LogP contribution in [0.2, 0.25) is 0 Å². The van der Waals surface area contributed by atoms with Crippen LogP contribution in [0.25, 0.3) is 6.08 Å². The van der Waals surface area contributed by atoms with E-state index in [4.69, 9.17) is 9.84 Å². The van der Waals surface area contributed by atoms with Crippen LogP contribution < -0.4 is 5.32 Å². The van der Waals surface area contributed by atoms with Crippen LogP contribution in [0.1, 0.15) is 5.56 Å². The minimum atomic E-state index is -3.50. The van der Waals surface area contributed by atoms with Crippen LogP contribution in [0.4, 0.5) is 0 Å². The molecule has 1 aliphatic rings. The van der Waals surface area contributed by atoms with Crippen molar-refractivity contribution in [3.8, 4) is 0 Å². The summed E-state index contributed by atoms with van der Waals surface area (Å²) in [5.74, 6) is -0.316. The number of aliphatic hydroxyl groups excluding tert-OH is 1. The first-order valence-electron chi connectivity index (χ1n) is 7.29. The van der Waals surface area contributed by atoms with Gasteiger partial charge in [-0.25, -0.2) is 8.42 Å². The number of ether oxygens (including phenoxy) is 1. The molecule has 1 aromatic carbocycles. The molecule has 2 rings (SSSR count). The lowest BCUT2D eigenvalue weighted by Crippen LogP contribution is -2.40. The first kappa shape index (κ1) is 17.6. The predicted octanol–water partition coefficient (Wildman–Crippen LogP) is -0.171. The van der Waals surface area contributed by atoms with Crippen molar-refractivity contribution in [2.75, 3.05) is 39.5 Å². The molecule has 0 saturated carbocycles. The molecule has 0 unspecified atom stereocenters. The molecule has 1 fully saturated rings. The van der Waals surface area contributed by atoms with Crippen molar-refractivity contribution in [1.82, 2.24) is 9.62 Å². The van der Waals surface area contributed by atoms with Crippen LogP contribution in [0.15, 0.2) is 35.2 Å². The molecule has 1 heterocycles. The number of carbonyl (C=O) groups is 1. The van der Waals surface area contributed by atoms with Gasteiger partial charge in [0.05, 0.1) is 24.7 Å². The van der Waals surface area contributed by atoms with Crippen LogP contribution in [-0.4, -0.2) is 63.2 Å². The highest BCUT2D eigenvalue weighted by molar-refractivity contribution is 7.89. The molecule has 126 valence electrons. The number of carbonyl (C=O) groups excluding carboxylic acids is 1. The second-order valence-electron chi connectivity index (χ2n) is 4.93. The Morgan fingerprint density at radius 1 is 1.26 bits per heavy atom. The van der Waals surface area contributed by atoms with Crippen LogP contribution in [-0.2, 0) is 19.6 Å². The van der Waals surface area contributed by atoms with Gasteiger partial charge in [0.2, 0.25) is 15.9 Å². The average Bonchev–Trinajstić information content (AvgIpc) is 2.59. The molecule has 0 bridgehead atoms. The number of nitrogens with zero attached hydrogens (tertiary/aromatic N) is 1. The summed E-state index contributed by atoms with van der Waals surface area (Å²) in [6.07, 6.45) is 2.92. The van der Waals surface area contributed by atoms with Gasteiger partial charge in [-0.1, -0.05) is 12.1 Å². The zero-order valence-corrected chi connectivity index (χ0v) is 13.5. The van der Waals surface area contributed by atoms with Gasteiger partial charge in [-0.05, 0) is 23.8 Å². The van der Waals surface area contributed by atoms with Crippen molar-refractivity contribution in [2.45, 2.75) is 4.90 Å². The monoisotopic (exact) mass is 340 g/mol. The van der Waals surface area contributed by atoms with Gasteiger partial charge < -0.3 is 15.2 Å². The number of hydrogen-bond donors (Lipinski definition) is 2. The summed E-state index contributed by atoms with van der Waals surface area (Å²) in [5.41, 5.74) is 0.713. The van der Waals surface area contributed by atoms with E-state index in [-0.39, 0.29) is 24.0 Å². The molecular formula is C15H20N2O5S. The largest absolute Gasteiger partial charge is 0.395 e. The fourth-order valence-corrected chi connectivity index (χ4v) is 3.50. The SMILES string of the molecule is O=C(/C=C/c1ccc(S(=O)(=O)N2CCOCC2)cc1)NCCO. The highest BCUT2D eigenvalue weighted by Crippen LogP contribution is 2.18. The van der Waals surface area contributed by atoms with Crippen molar-refractivity contribution in [1.29, 1.82) is 0 Å². The maximum atomic E-state index is 12.4. The van der Waals surface area contributed by atoms with E-state index >= 15 is 0 Å². The van der Waals surface area contributed by atoms with Gasteiger partial charge in [0.1, 0.15) is 0 Å². The second-order valence-corrected chi connectivity index (χ2v) is 6.87. The van der Waals surface area contributed by atoms with Crippen molar-refractivity contribution in [3.05, 3.63) is 35.9 Å². The lowest BCUT2D eigenvalue weighted by molar-refractivity contribution is -0.116. The molecule has 0 aliphatic carbocycles. The molecular weight excluding hydrogens is 320 g/mol. The van der Waals surface area contributed by atoms with E-state index in [1.807, 2.05) is 0 Å². The smallest absolute Gasteiger partial charge is 0.244 e. The van der Waals surface area contributed by atoms with E-state index in [0.29, 0.717) is 31.9 Å². The highest BCUT2D eigenvalue weighted by Gasteiger charge is 2.25. The summed E-state index contributed by atoms with van der Waals surface area (Å²) in [7, 11) is -3.50. The molecule has 8 heteroatoms. The van der Waals surface area contributed by atoms with Gasteiger partial charge in [0.25, 0.3) is 0 Å². The van der Waals surface area contributed by atoms with Crippen LogP contribution in [0.5, 0.6) is 0 Å². The van der Waals surface area contributed by atoms with Gasteiger partial charge in [0, 0.05) is 25.7 Å². The lowest BCUT2D eigenvalue weighted by atomic mass is 10.2. The van der Waals surface area contributed by atoms with E-state index in [2.05, 4.69) is 5.32 Å². The normalized spacial score (nSPS) is 16.6. The van der Waals surface area contributed by atoms with Crippen LogP contribution in [0, 0.1) is 0 Å². The molecule has 0 spiro atoms. The van der Waals surface area contributed by atoms with Gasteiger partial charge in [-0.2, -0.15) is 4.31 Å². The van der Waals surface area contributed by atoms with Crippen molar-refractivity contribution in [3.63, 3.8) is 0 Å². The van der Waals surface area contributed by atoms with E-state index < -0.39 is 10.0 Å². The van der Waals surface area contributed by atoms with Crippen molar-refractivity contribution >= 4 is 22.0 Å². The molecule has 1 amide bonds. The van der Waals surface area contributed by atoms with Gasteiger partial charge in [-0.3, -0.25) is 4.79 Å². The van der Waals surface area contributed by atoms with E-state index in [9.17, 15) is 13.2 Å². The number of aliphatic hydroxyl groups is 1. The number of nitrogens with one attached hydrogen (secondary N) is 1. The Balaban J connectivity index is 2.04. The van der Waals surface area contributed by atoms with Gasteiger partial charge in [-0.15, -0.1) is 0 Å². The number of hydrogen-bond acceptors (Lipinski definition) is 5. The Morgan fingerprint density at radius 2 is 1.91 bits per heavy atom. The third-order valence-corrected chi connectivity index (χ3v) is 5.24. The third kappa shape index (κ3) is 4.87. The first-order valence-corrected chi connectivity index (χ1v) is 8.73. The standard InChI is InChI=1S/C15H20N2O5S/c18-10-7-16-15(19)6-3-13-1-4-14(5-2-13)23(20,21)17-8-11-22-12-9-17/h1-6,18H,7-12H2,(H,16,19)/b6-3+. The maximum absolute atomic E-state index is 12.4. The third-order valence-electron chi connectivity index (χ3n) is 3.33. The summed E-state index contributed by atoms with van der Waals surface area (Å²) in [6.45, 7) is 1.60. The van der Waals surface area contributed by atoms with Gasteiger partial charge in [0.15, 0.2) is 0 Å². The van der Waals surface area contributed by atoms with E-state index in [1.54, 1.807) is 18.2 Å². The fourth-order valence-electron chi connectivity index (χ4n) is 2.10. The average molecular weight is 340 g/mol. The number of amides is 1. The second kappa shape index (κ2) is 8.21. The zero-order chi connectivity index (χ0) is 16.7. The summed E-state index contributed by atoms with van der Waals surface area (Å²) in [4.78, 5) is 11.6. The Labute approximate surface area is 135 Å². The van der Waals surface area contributed by atoms with Crippen LogP contribution in [0.3, 0.4) is 0 Å². The molecule has 23 heavy (non-hydrogen) atoms. The maximum Gasteiger partial charge on any atom is 0.244 e. The molecule has 1 saturated heterocycles. The van der Waals surface area contributed by atoms with Crippen molar-refractivity contribution in [2.24, 2.45) is 0 Å². The lowest BCUT2D eigenvalue weighted by Gasteiger charge is -2.26. The summed E-state index contributed by atoms with van der Waals surface area (Å²) < 4.78 is 31.5. The number of sulfonamides is 1. The predicted molar refractivity (Wildman–Crippen MR) is 85.1 cm³/mol. The van der Waals surface area contributed by atoms with Gasteiger partial charge >= 0.3 is 0 Å². The number of morpholine rings is 1. The molecule has 0 radical (unpaired) electrons. The molecule has 1 aromatic rings. The van der Waals surface area contributed by atoms with Crippen LogP contribution >= 0.6 is 0 Å². The number of rotatable bonds is 6. The quantitative estimate of drug-likeness (QED) is 0.701. The minimum absolute atomic E-state index is 0.117. The molecule has 2 N–H and O–H groups in total. The Hall–Kier alpha value is -1.74. The van der Waals surface area contributed by atoms with Crippen molar-refractivity contribution < 1.29 is 23.1 Å². The molecule has 0 atom stereocenters. The summed E-state index contributed by atoms with van der Waals surface area (Å²) >= 11 is 0. The molecule has 1 aliphatic heterocycles. The highest BCUT2D eigenvalue weighted by atomic mass is 32.2. The first-order chi connectivity index (χ1) is 11.0. The summed E-state index contributed by atoms with van der Waals surface area (Å²) in [6, 6.07) is 6.33. The van der Waals surface area contributed by atoms with E-state index in [0.717, 1.165) is 0 Å².